The van der Waals surface area contributed by atoms with Gasteiger partial charge in [0.1, 0.15) is 17.6 Å². The number of nitrogens with one attached hydrogen (secondary N) is 1. The Bertz CT molecular complexity index is 942. The van der Waals surface area contributed by atoms with E-state index in [0.717, 1.165) is 51.7 Å². The van der Waals surface area contributed by atoms with Gasteiger partial charge in [-0.25, -0.2) is 0 Å². The van der Waals surface area contributed by atoms with Crippen molar-refractivity contribution in [1.82, 2.24) is 15.2 Å². The van der Waals surface area contributed by atoms with E-state index >= 15 is 0 Å². The molecule has 0 radical (unpaired) electrons. The highest BCUT2D eigenvalue weighted by molar-refractivity contribution is 9.10. The molecule has 2 aromatic heterocycles. The van der Waals surface area contributed by atoms with Crippen molar-refractivity contribution in [2.75, 3.05) is 6.54 Å². The summed E-state index contributed by atoms with van der Waals surface area (Å²) >= 11 is 9.15. The molecule has 1 aliphatic heterocycles. The number of furan rings is 1. The topological polar surface area (TPSA) is 41.3 Å². The standard InChI is InChI=1S/C22H22BrN3OS/c1-2-3-14-26-21(20(25-22(26)28)17-6-4-5-13-24-17)19-12-11-18(27-19)15-7-9-16(23)10-8-15/h4-13,20-21H,2-3,14H2,1H3,(H,25,28). The molecular formula is C22H22BrN3OS. The minimum atomic E-state index is -0.0329. The quantitative estimate of drug-likeness (QED) is 0.470. The van der Waals surface area contributed by atoms with Gasteiger partial charge in [0.2, 0.25) is 0 Å². The fourth-order valence-corrected chi connectivity index (χ4v) is 4.16. The summed E-state index contributed by atoms with van der Waals surface area (Å²) in [5.41, 5.74) is 2.02. The van der Waals surface area contributed by atoms with Crippen LogP contribution in [-0.4, -0.2) is 21.5 Å². The number of unbranched alkanes of at least 4 members (excludes halogenated alkanes) is 1. The monoisotopic (exact) mass is 455 g/mol. The first kappa shape index (κ1) is 19.2. The molecule has 1 N–H and O–H groups in total. The second-order valence-electron chi connectivity index (χ2n) is 6.88. The lowest BCUT2D eigenvalue weighted by Gasteiger charge is -2.25. The van der Waals surface area contributed by atoms with Crippen molar-refractivity contribution in [1.29, 1.82) is 0 Å². The van der Waals surface area contributed by atoms with Crippen molar-refractivity contribution in [3.05, 3.63) is 76.7 Å². The van der Waals surface area contributed by atoms with Crippen molar-refractivity contribution >= 4 is 33.3 Å². The number of benzene rings is 1. The van der Waals surface area contributed by atoms with Crippen LogP contribution in [0.15, 0.2) is 69.7 Å². The van der Waals surface area contributed by atoms with Crippen LogP contribution in [-0.2, 0) is 0 Å². The minimum absolute atomic E-state index is 0.0156. The molecule has 2 unspecified atom stereocenters. The van der Waals surface area contributed by atoms with E-state index in [1.165, 1.54) is 0 Å². The highest BCUT2D eigenvalue weighted by atomic mass is 79.9. The predicted molar refractivity (Wildman–Crippen MR) is 119 cm³/mol. The summed E-state index contributed by atoms with van der Waals surface area (Å²) in [5.74, 6) is 1.76. The minimum Gasteiger partial charge on any atom is -0.459 e. The van der Waals surface area contributed by atoms with Gasteiger partial charge in [-0.15, -0.1) is 0 Å². The van der Waals surface area contributed by atoms with Gasteiger partial charge in [0.25, 0.3) is 0 Å². The summed E-state index contributed by atoms with van der Waals surface area (Å²) < 4.78 is 7.37. The van der Waals surface area contributed by atoms with Crippen LogP contribution in [0.4, 0.5) is 0 Å². The summed E-state index contributed by atoms with van der Waals surface area (Å²) in [4.78, 5) is 6.80. The van der Waals surface area contributed by atoms with Gasteiger partial charge >= 0.3 is 0 Å². The molecular weight excluding hydrogens is 434 g/mol. The smallest absolute Gasteiger partial charge is 0.170 e. The largest absolute Gasteiger partial charge is 0.459 e. The third-order valence-corrected chi connectivity index (χ3v) is 5.88. The van der Waals surface area contributed by atoms with Gasteiger partial charge in [-0.1, -0.05) is 47.5 Å². The van der Waals surface area contributed by atoms with Crippen LogP contribution in [0.5, 0.6) is 0 Å². The number of rotatable bonds is 6. The number of halogens is 1. The van der Waals surface area contributed by atoms with Gasteiger partial charge < -0.3 is 14.6 Å². The molecule has 4 rings (SSSR count). The Morgan fingerprint density at radius 2 is 1.96 bits per heavy atom. The van der Waals surface area contributed by atoms with Gasteiger partial charge in [-0.05, 0) is 55.0 Å². The van der Waals surface area contributed by atoms with Crippen LogP contribution in [0, 0.1) is 0 Å². The zero-order valence-corrected chi connectivity index (χ0v) is 18.0. The molecule has 1 aromatic carbocycles. The van der Waals surface area contributed by atoms with Crippen molar-refractivity contribution in [2.45, 2.75) is 31.8 Å². The van der Waals surface area contributed by atoms with E-state index in [2.05, 4.69) is 56.3 Å². The molecule has 1 fully saturated rings. The molecule has 0 saturated carbocycles. The second-order valence-corrected chi connectivity index (χ2v) is 8.18. The van der Waals surface area contributed by atoms with Gasteiger partial charge in [0.15, 0.2) is 5.11 Å². The zero-order chi connectivity index (χ0) is 19.5. The lowest BCUT2D eigenvalue weighted by Crippen LogP contribution is -2.30. The van der Waals surface area contributed by atoms with Gasteiger partial charge in [0, 0.05) is 22.8 Å². The van der Waals surface area contributed by atoms with Crippen LogP contribution < -0.4 is 5.32 Å². The van der Waals surface area contributed by atoms with E-state index in [4.69, 9.17) is 16.6 Å². The SMILES string of the molecule is CCCCN1C(=S)NC(c2ccccn2)C1c1ccc(-c2ccc(Br)cc2)o1. The van der Waals surface area contributed by atoms with E-state index < -0.39 is 0 Å². The maximum Gasteiger partial charge on any atom is 0.170 e. The molecule has 1 aliphatic rings. The number of aromatic nitrogens is 1. The van der Waals surface area contributed by atoms with Crippen LogP contribution in [0.1, 0.15) is 43.3 Å². The lowest BCUT2D eigenvalue weighted by molar-refractivity contribution is 0.271. The summed E-state index contributed by atoms with van der Waals surface area (Å²) in [6.07, 6.45) is 4.01. The average Bonchev–Trinajstić information content (AvgIpc) is 3.32. The van der Waals surface area contributed by atoms with Gasteiger partial charge in [-0.3, -0.25) is 4.98 Å². The van der Waals surface area contributed by atoms with Crippen molar-refractivity contribution < 1.29 is 4.42 Å². The fraction of sp³-hybridized carbons (Fsp3) is 0.273. The normalized spacial score (nSPS) is 19.1. The van der Waals surface area contributed by atoms with E-state index in [0.29, 0.717) is 0 Å². The molecule has 2 atom stereocenters. The molecule has 0 bridgehead atoms. The zero-order valence-electron chi connectivity index (χ0n) is 15.6. The van der Waals surface area contributed by atoms with Gasteiger partial charge in [0.05, 0.1) is 11.7 Å². The first-order valence-corrected chi connectivity index (χ1v) is 10.7. The maximum atomic E-state index is 6.32. The van der Waals surface area contributed by atoms with Crippen LogP contribution >= 0.6 is 28.1 Å². The number of hydrogen-bond acceptors (Lipinski definition) is 3. The molecule has 144 valence electrons. The van der Waals surface area contributed by atoms with E-state index in [1.54, 1.807) is 0 Å². The number of pyridine rings is 1. The molecule has 4 nitrogen and oxygen atoms in total. The molecule has 1 saturated heterocycles. The predicted octanol–water partition coefficient (Wildman–Crippen LogP) is 5.88. The van der Waals surface area contributed by atoms with E-state index in [9.17, 15) is 0 Å². The fourth-order valence-electron chi connectivity index (χ4n) is 3.56. The number of hydrogen-bond donors (Lipinski definition) is 1. The Balaban J connectivity index is 1.70. The molecule has 28 heavy (non-hydrogen) atoms. The van der Waals surface area contributed by atoms with Gasteiger partial charge in [-0.2, -0.15) is 0 Å². The van der Waals surface area contributed by atoms with E-state index in [1.807, 2.05) is 42.6 Å². The molecule has 0 spiro atoms. The number of nitrogens with zero attached hydrogens (tertiary/aromatic N) is 2. The Labute approximate surface area is 179 Å². The van der Waals surface area contributed by atoms with Crippen molar-refractivity contribution in [3.63, 3.8) is 0 Å². The Hall–Kier alpha value is -2.18. The first-order valence-electron chi connectivity index (χ1n) is 9.51. The van der Waals surface area contributed by atoms with Crippen LogP contribution in [0.2, 0.25) is 0 Å². The van der Waals surface area contributed by atoms with Crippen molar-refractivity contribution in [2.24, 2.45) is 0 Å². The summed E-state index contributed by atoms with van der Waals surface area (Å²) in [5, 5.41) is 4.22. The van der Waals surface area contributed by atoms with Crippen LogP contribution in [0.3, 0.4) is 0 Å². The Morgan fingerprint density at radius 3 is 2.68 bits per heavy atom. The molecule has 3 heterocycles. The number of thiocarbonyl (C=S) groups is 1. The third kappa shape index (κ3) is 3.84. The highest BCUT2D eigenvalue weighted by Crippen LogP contribution is 2.40. The lowest BCUT2D eigenvalue weighted by atomic mass is 10.0. The molecule has 0 aliphatic carbocycles. The highest BCUT2D eigenvalue weighted by Gasteiger charge is 2.41. The first-order chi connectivity index (χ1) is 13.7. The van der Waals surface area contributed by atoms with Crippen molar-refractivity contribution in [3.8, 4) is 11.3 Å². The molecule has 3 aromatic rings. The van der Waals surface area contributed by atoms with Crippen LogP contribution in [0.25, 0.3) is 11.3 Å². The second kappa shape index (κ2) is 8.45. The van der Waals surface area contributed by atoms with E-state index in [-0.39, 0.29) is 12.1 Å². The summed E-state index contributed by atoms with van der Waals surface area (Å²) in [7, 11) is 0. The average molecular weight is 456 g/mol. The molecule has 0 amide bonds. The Kier molecular flexibility index (Phi) is 5.78. The summed E-state index contributed by atoms with van der Waals surface area (Å²) in [6.45, 7) is 3.08. The Morgan fingerprint density at radius 1 is 1.14 bits per heavy atom. The molecule has 6 heteroatoms. The third-order valence-electron chi connectivity index (χ3n) is 5.00. The maximum absolute atomic E-state index is 6.32. The summed E-state index contributed by atoms with van der Waals surface area (Å²) in [6, 6.07) is 18.2.